The van der Waals surface area contributed by atoms with Gasteiger partial charge in [-0.15, -0.1) is 0 Å². The molecule has 4 rings (SSSR count). The predicted octanol–water partition coefficient (Wildman–Crippen LogP) is 3.70. The van der Waals surface area contributed by atoms with Crippen LogP contribution in [0, 0.1) is 6.92 Å². The monoisotopic (exact) mass is 414 g/mol. The molecule has 2 aromatic carbocycles. The summed E-state index contributed by atoms with van der Waals surface area (Å²) in [6, 6.07) is 12.2. The molecule has 29 heavy (non-hydrogen) atoms. The van der Waals surface area contributed by atoms with Crippen LogP contribution < -0.4 is 9.47 Å². The van der Waals surface area contributed by atoms with Crippen molar-refractivity contribution in [3.05, 3.63) is 58.1 Å². The van der Waals surface area contributed by atoms with Crippen molar-refractivity contribution in [3.8, 4) is 11.5 Å². The summed E-state index contributed by atoms with van der Waals surface area (Å²) in [5.41, 5.74) is 3.54. The fraction of sp³-hybridized carbons (Fsp3) is 0.435. The van der Waals surface area contributed by atoms with Crippen LogP contribution in [0.1, 0.15) is 23.1 Å². The highest BCUT2D eigenvalue weighted by Gasteiger charge is 2.23. The summed E-state index contributed by atoms with van der Waals surface area (Å²) in [7, 11) is 0. The van der Waals surface area contributed by atoms with E-state index < -0.39 is 0 Å². The zero-order valence-electron chi connectivity index (χ0n) is 16.8. The van der Waals surface area contributed by atoms with Gasteiger partial charge in [0.1, 0.15) is 0 Å². The predicted molar refractivity (Wildman–Crippen MR) is 114 cm³/mol. The van der Waals surface area contributed by atoms with Crippen LogP contribution in [0.15, 0.2) is 36.4 Å². The molecule has 0 radical (unpaired) electrons. The minimum Gasteiger partial charge on any atom is -0.489 e. The Morgan fingerprint density at radius 1 is 1.07 bits per heavy atom. The molecule has 154 valence electrons. The molecule has 1 fully saturated rings. The van der Waals surface area contributed by atoms with Crippen molar-refractivity contribution in [1.82, 2.24) is 9.80 Å². The van der Waals surface area contributed by atoms with E-state index in [2.05, 4.69) is 36.1 Å². The Morgan fingerprint density at radius 3 is 2.62 bits per heavy atom. The Hall–Kier alpha value is -2.24. The SMILES string of the molecule is Cc1ccccc1CN1CCN(C(=O)Cc2cc(Cl)c3c(c2)OCCCO3)CC1. The lowest BCUT2D eigenvalue weighted by molar-refractivity contribution is -0.132. The zero-order valence-corrected chi connectivity index (χ0v) is 17.6. The molecule has 6 heteroatoms. The highest BCUT2D eigenvalue weighted by Crippen LogP contribution is 2.38. The summed E-state index contributed by atoms with van der Waals surface area (Å²) in [5, 5.41) is 0.509. The van der Waals surface area contributed by atoms with Crippen LogP contribution in [0.4, 0.5) is 0 Å². The number of hydrogen-bond donors (Lipinski definition) is 0. The molecule has 2 aliphatic rings. The number of aryl methyl sites for hydroxylation is 1. The molecule has 0 N–H and O–H groups in total. The quantitative estimate of drug-likeness (QED) is 0.765. The fourth-order valence-electron chi connectivity index (χ4n) is 3.86. The first-order valence-electron chi connectivity index (χ1n) is 10.2. The molecular weight excluding hydrogens is 388 g/mol. The molecular formula is C23H27ClN2O3. The number of halogens is 1. The average molecular weight is 415 g/mol. The number of ether oxygens (including phenoxy) is 2. The summed E-state index contributed by atoms with van der Waals surface area (Å²) in [4.78, 5) is 17.2. The van der Waals surface area contributed by atoms with Gasteiger partial charge < -0.3 is 14.4 Å². The van der Waals surface area contributed by atoms with Crippen molar-refractivity contribution >= 4 is 17.5 Å². The number of benzene rings is 2. The van der Waals surface area contributed by atoms with Gasteiger partial charge in [0.2, 0.25) is 5.91 Å². The van der Waals surface area contributed by atoms with Crippen molar-refractivity contribution in [1.29, 1.82) is 0 Å². The second-order valence-electron chi connectivity index (χ2n) is 7.72. The van der Waals surface area contributed by atoms with Gasteiger partial charge in [-0.2, -0.15) is 0 Å². The van der Waals surface area contributed by atoms with Crippen LogP contribution in [-0.4, -0.2) is 55.1 Å². The lowest BCUT2D eigenvalue weighted by Crippen LogP contribution is -2.48. The summed E-state index contributed by atoms with van der Waals surface area (Å²) in [5.74, 6) is 1.36. The van der Waals surface area contributed by atoms with Gasteiger partial charge in [0.15, 0.2) is 11.5 Å². The van der Waals surface area contributed by atoms with Gasteiger partial charge in [0.05, 0.1) is 24.7 Å². The summed E-state index contributed by atoms with van der Waals surface area (Å²) >= 11 is 6.36. The van der Waals surface area contributed by atoms with E-state index in [1.165, 1.54) is 11.1 Å². The van der Waals surface area contributed by atoms with E-state index in [1.807, 2.05) is 17.0 Å². The Balaban J connectivity index is 1.34. The number of piperazine rings is 1. The number of carbonyl (C=O) groups excluding carboxylic acids is 1. The van der Waals surface area contributed by atoms with Gasteiger partial charge in [-0.25, -0.2) is 0 Å². The van der Waals surface area contributed by atoms with Crippen molar-refractivity contribution in [2.45, 2.75) is 26.3 Å². The molecule has 1 saturated heterocycles. The second-order valence-corrected chi connectivity index (χ2v) is 8.12. The molecule has 0 aromatic heterocycles. The third-order valence-corrected chi connectivity index (χ3v) is 5.88. The van der Waals surface area contributed by atoms with E-state index in [0.717, 1.165) is 44.7 Å². The smallest absolute Gasteiger partial charge is 0.227 e. The molecule has 2 aliphatic heterocycles. The molecule has 0 saturated carbocycles. The third kappa shape index (κ3) is 4.85. The topological polar surface area (TPSA) is 42.0 Å². The largest absolute Gasteiger partial charge is 0.489 e. The number of rotatable bonds is 4. The molecule has 0 spiro atoms. The van der Waals surface area contributed by atoms with Gasteiger partial charge in [0.25, 0.3) is 0 Å². The fourth-order valence-corrected chi connectivity index (χ4v) is 4.14. The first kappa shape index (κ1) is 20.0. The summed E-state index contributed by atoms with van der Waals surface area (Å²) < 4.78 is 11.4. The van der Waals surface area contributed by atoms with E-state index in [-0.39, 0.29) is 5.91 Å². The number of carbonyl (C=O) groups is 1. The maximum Gasteiger partial charge on any atom is 0.227 e. The summed E-state index contributed by atoms with van der Waals surface area (Å²) in [6.07, 6.45) is 1.15. The summed E-state index contributed by atoms with van der Waals surface area (Å²) in [6.45, 7) is 7.57. The molecule has 0 aliphatic carbocycles. The highest BCUT2D eigenvalue weighted by molar-refractivity contribution is 6.32. The molecule has 0 bridgehead atoms. The van der Waals surface area contributed by atoms with Crippen molar-refractivity contribution < 1.29 is 14.3 Å². The number of nitrogens with zero attached hydrogens (tertiary/aromatic N) is 2. The van der Waals surface area contributed by atoms with Gasteiger partial charge in [-0.3, -0.25) is 9.69 Å². The van der Waals surface area contributed by atoms with E-state index in [1.54, 1.807) is 0 Å². The van der Waals surface area contributed by atoms with Crippen molar-refractivity contribution in [2.75, 3.05) is 39.4 Å². The maximum atomic E-state index is 12.8. The Labute approximate surface area is 177 Å². The van der Waals surface area contributed by atoms with E-state index in [9.17, 15) is 4.79 Å². The number of fused-ring (bicyclic) bond motifs is 1. The molecule has 2 aromatic rings. The highest BCUT2D eigenvalue weighted by atomic mass is 35.5. The number of hydrogen-bond acceptors (Lipinski definition) is 4. The molecule has 1 amide bonds. The maximum absolute atomic E-state index is 12.8. The first-order valence-corrected chi connectivity index (χ1v) is 10.6. The van der Waals surface area contributed by atoms with E-state index in [4.69, 9.17) is 21.1 Å². The Bertz CT molecular complexity index is 878. The van der Waals surface area contributed by atoms with Crippen molar-refractivity contribution in [2.24, 2.45) is 0 Å². The van der Waals surface area contributed by atoms with Gasteiger partial charge >= 0.3 is 0 Å². The van der Waals surface area contributed by atoms with E-state index in [0.29, 0.717) is 36.2 Å². The minimum atomic E-state index is 0.131. The first-order chi connectivity index (χ1) is 14.1. The minimum absolute atomic E-state index is 0.131. The molecule has 2 heterocycles. The van der Waals surface area contributed by atoms with Gasteiger partial charge in [-0.1, -0.05) is 35.9 Å². The van der Waals surface area contributed by atoms with Crippen LogP contribution >= 0.6 is 11.6 Å². The third-order valence-electron chi connectivity index (χ3n) is 5.60. The normalized spacial score (nSPS) is 17.1. The van der Waals surface area contributed by atoms with Crippen LogP contribution in [0.2, 0.25) is 5.02 Å². The van der Waals surface area contributed by atoms with Gasteiger partial charge in [-0.05, 0) is 35.7 Å². The van der Waals surface area contributed by atoms with Crippen molar-refractivity contribution in [3.63, 3.8) is 0 Å². The Kier molecular flexibility index (Phi) is 6.26. The number of amides is 1. The zero-order chi connectivity index (χ0) is 20.2. The van der Waals surface area contributed by atoms with Crippen LogP contribution in [0.25, 0.3) is 0 Å². The standard InChI is InChI=1S/C23H27ClN2O3/c1-17-5-2-3-6-19(17)16-25-7-9-26(10-8-25)22(27)15-18-13-20(24)23-21(14-18)28-11-4-12-29-23/h2-3,5-6,13-14H,4,7-12,15-16H2,1H3. The lowest BCUT2D eigenvalue weighted by atomic mass is 10.1. The average Bonchev–Trinajstić information content (AvgIpc) is 2.96. The van der Waals surface area contributed by atoms with Gasteiger partial charge in [0, 0.05) is 39.1 Å². The molecule has 5 nitrogen and oxygen atoms in total. The lowest BCUT2D eigenvalue weighted by Gasteiger charge is -2.35. The Morgan fingerprint density at radius 2 is 1.83 bits per heavy atom. The van der Waals surface area contributed by atoms with E-state index >= 15 is 0 Å². The second kappa shape index (κ2) is 9.06. The van der Waals surface area contributed by atoms with Crippen LogP contribution in [-0.2, 0) is 17.8 Å². The molecule has 0 unspecified atom stereocenters. The van der Waals surface area contributed by atoms with Crippen LogP contribution in [0.3, 0.4) is 0 Å². The molecule has 0 atom stereocenters. The van der Waals surface area contributed by atoms with Crippen LogP contribution in [0.5, 0.6) is 11.5 Å².